The Morgan fingerprint density at radius 3 is 2.37 bits per heavy atom. The predicted molar refractivity (Wildman–Crippen MR) is 78.6 cm³/mol. The van der Waals surface area contributed by atoms with Crippen molar-refractivity contribution in [2.45, 2.75) is 6.42 Å². The van der Waals surface area contributed by atoms with Gasteiger partial charge in [-0.05, 0) is 45.8 Å². The maximum Gasteiger partial charge on any atom is 0.170 e. The molecule has 5 heteroatoms. The quantitative estimate of drug-likeness (QED) is 0.676. The first kappa shape index (κ1) is 14.5. The van der Waals surface area contributed by atoms with Gasteiger partial charge >= 0.3 is 0 Å². The molecule has 0 amide bonds. The summed E-state index contributed by atoms with van der Waals surface area (Å²) in [5, 5.41) is 0.636. The molecule has 0 radical (unpaired) electrons. The Balaban J connectivity index is 2.28. The van der Waals surface area contributed by atoms with E-state index in [1.165, 1.54) is 6.07 Å². The van der Waals surface area contributed by atoms with Crippen molar-refractivity contribution in [3.63, 3.8) is 0 Å². The van der Waals surface area contributed by atoms with Gasteiger partial charge in [-0.15, -0.1) is 0 Å². The summed E-state index contributed by atoms with van der Waals surface area (Å²) in [7, 11) is 0. The van der Waals surface area contributed by atoms with Gasteiger partial charge in [-0.3, -0.25) is 4.79 Å². The van der Waals surface area contributed by atoms with Gasteiger partial charge in [-0.25, -0.2) is 4.39 Å². The van der Waals surface area contributed by atoms with Crippen LogP contribution in [0.5, 0.6) is 0 Å². The topological polar surface area (TPSA) is 17.1 Å². The Morgan fingerprint density at radius 1 is 1.16 bits per heavy atom. The Morgan fingerprint density at radius 2 is 1.79 bits per heavy atom. The van der Waals surface area contributed by atoms with E-state index in [9.17, 15) is 9.18 Å². The second kappa shape index (κ2) is 6.04. The third kappa shape index (κ3) is 3.35. The van der Waals surface area contributed by atoms with Crippen LogP contribution < -0.4 is 0 Å². The fourth-order valence-electron chi connectivity index (χ4n) is 1.69. The monoisotopic (exact) mass is 360 g/mol. The minimum absolute atomic E-state index is 0.113. The molecular weight excluding hydrogens is 354 g/mol. The molecule has 1 nitrogen and oxygen atoms in total. The van der Waals surface area contributed by atoms with Gasteiger partial charge in [0.15, 0.2) is 5.78 Å². The third-order valence-corrected chi connectivity index (χ3v) is 3.83. The third-order valence-electron chi connectivity index (χ3n) is 2.59. The van der Waals surface area contributed by atoms with Crippen molar-refractivity contribution < 1.29 is 9.18 Å². The molecule has 0 heterocycles. The van der Waals surface area contributed by atoms with Crippen LogP contribution in [0.4, 0.5) is 4.39 Å². The number of carbonyl (C=O) groups is 1. The second-order valence-corrected chi connectivity index (χ2v) is 5.61. The number of benzene rings is 2. The lowest BCUT2D eigenvalue weighted by molar-refractivity contribution is 0.0993. The first-order chi connectivity index (χ1) is 8.99. The molecule has 0 fully saturated rings. The molecule has 0 N–H and O–H groups in total. The summed E-state index contributed by atoms with van der Waals surface area (Å²) in [6.07, 6.45) is 0.113. The SMILES string of the molecule is O=C(Cc1ccc(F)c(Br)c1)c1c(Cl)cccc1Cl. The summed E-state index contributed by atoms with van der Waals surface area (Å²) in [5.74, 6) is -0.568. The highest BCUT2D eigenvalue weighted by Crippen LogP contribution is 2.26. The smallest absolute Gasteiger partial charge is 0.170 e. The molecule has 0 saturated heterocycles. The molecule has 2 rings (SSSR count). The fraction of sp³-hybridized carbons (Fsp3) is 0.0714. The Kier molecular flexibility index (Phi) is 4.61. The number of halogens is 4. The predicted octanol–water partition coefficient (Wildman–Crippen LogP) is 5.32. The van der Waals surface area contributed by atoms with Gasteiger partial charge in [0.05, 0.1) is 20.1 Å². The number of rotatable bonds is 3. The van der Waals surface area contributed by atoms with Crippen LogP contribution in [0.1, 0.15) is 15.9 Å². The zero-order valence-electron chi connectivity index (χ0n) is 9.59. The summed E-state index contributed by atoms with van der Waals surface area (Å²) in [5.41, 5.74) is 0.987. The molecule has 19 heavy (non-hydrogen) atoms. The van der Waals surface area contributed by atoms with E-state index in [-0.39, 0.29) is 18.0 Å². The molecule has 0 aromatic heterocycles. The lowest BCUT2D eigenvalue weighted by Crippen LogP contribution is -2.05. The lowest BCUT2D eigenvalue weighted by atomic mass is 10.0. The summed E-state index contributed by atoms with van der Waals surface area (Å²) in [6, 6.07) is 9.33. The molecule has 0 atom stereocenters. The van der Waals surface area contributed by atoms with Crippen molar-refractivity contribution in [2.24, 2.45) is 0 Å². The minimum atomic E-state index is -0.369. The average Bonchev–Trinajstić information content (AvgIpc) is 2.33. The second-order valence-electron chi connectivity index (χ2n) is 3.95. The Hall–Kier alpha value is -0.900. The molecule has 98 valence electrons. The fourth-order valence-corrected chi connectivity index (χ4v) is 2.72. The van der Waals surface area contributed by atoms with Gasteiger partial charge in [0, 0.05) is 6.42 Å². The van der Waals surface area contributed by atoms with Crippen LogP contribution in [-0.2, 0) is 6.42 Å². The molecule has 0 aliphatic heterocycles. The van der Waals surface area contributed by atoms with Crippen molar-refractivity contribution in [2.75, 3.05) is 0 Å². The van der Waals surface area contributed by atoms with Crippen LogP contribution in [0.25, 0.3) is 0 Å². The van der Waals surface area contributed by atoms with Gasteiger partial charge in [0.1, 0.15) is 5.82 Å². The van der Waals surface area contributed by atoms with Crippen molar-refractivity contribution >= 4 is 44.9 Å². The Bertz CT molecular complexity index is 623. The van der Waals surface area contributed by atoms with Gasteiger partial charge in [0.2, 0.25) is 0 Å². The largest absolute Gasteiger partial charge is 0.294 e. The minimum Gasteiger partial charge on any atom is -0.294 e. The molecule has 0 saturated carbocycles. The zero-order valence-corrected chi connectivity index (χ0v) is 12.7. The zero-order chi connectivity index (χ0) is 14.0. The maximum atomic E-state index is 13.1. The van der Waals surface area contributed by atoms with E-state index in [4.69, 9.17) is 23.2 Å². The van der Waals surface area contributed by atoms with Crippen LogP contribution in [0.15, 0.2) is 40.9 Å². The highest BCUT2D eigenvalue weighted by Gasteiger charge is 2.15. The first-order valence-electron chi connectivity index (χ1n) is 5.40. The molecule has 0 bridgehead atoms. The van der Waals surface area contributed by atoms with Crippen LogP contribution in [0, 0.1) is 5.82 Å². The van der Waals surface area contributed by atoms with Gasteiger partial charge < -0.3 is 0 Å². The first-order valence-corrected chi connectivity index (χ1v) is 6.95. The molecule has 2 aromatic carbocycles. The van der Waals surface area contributed by atoms with Crippen molar-refractivity contribution in [3.05, 3.63) is 67.9 Å². The molecule has 0 aliphatic carbocycles. The van der Waals surface area contributed by atoms with E-state index in [0.29, 0.717) is 25.6 Å². The average molecular weight is 362 g/mol. The standard InChI is InChI=1S/C14H8BrCl2FO/c15-9-6-8(4-5-12(9)18)7-13(19)14-10(16)2-1-3-11(14)17/h1-6H,7H2. The summed E-state index contributed by atoms with van der Waals surface area (Å²) in [6.45, 7) is 0. The number of Topliss-reactive ketones (excluding diaryl/α,β-unsaturated/α-hetero) is 1. The number of hydrogen-bond acceptors (Lipinski definition) is 1. The van der Waals surface area contributed by atoms with E-state index < -0.39 is 0 Å². The van der Waals surface area contributed by atoms with E-state index >= 15 is 0 Å². The number of carbonyl (C=O) groups excluding carboxylic acids is 1. The van der Waals surface area contributed by atoms with Crippen LogP contribution in [-0.4, -0.2) is 5.78 Å². The van der Waals surface area contributed by atoms with Crippen molar-refractivity contribution in [1.82, 2.24) is 0 Å². The van der Waals surface area contributed by atoms with E-state index in [1.807, 2.05) is 0 Å². The van der Waals surface area contributed by atoms with Crippen LogP contribution >= 0.6 is 39.1 Å². The Labute approximate surface area is 128 Å². The summed E-state index contributed by atoms with van der Waals surface area (Å²) < 4.78 is 13.4. The highest BCUT2D eigenvalue weighted by atomic mass is 79.9. The molecule has 0 aliphatic rings. The van der Waals surface area contributed by atoms with E-state index in [1.54, 1.807) is 30.3 Å². The highest BCUT2D eigenvalue weighted by molar-refractivity contribution is 9.10. The van der Waals surface area contributed by atoms with Gasteiger partial charge in [0.25, 0.3) is 0 Å². The van der Waals surface area contributed by atoms with E-state index in [0.717, 1.165) is 0 Å². The van der Waals surface area contributed by atoms with Crippen molar-refractivity contribution in [1.29, 1.82) is 0 Å². The van der Waals surface area contributed by atoms with Gasteiger partial charge in [-0.1, -0.05) is 35.3 Å². The maximum absolute atomic E-state index is 13.1. The molecule has 0 spiro atoms. The van der Waals surface area contributed by atoms with Gasteiger partial charge in [-0.2, -0.15) is 0 Å². The number of ketones is 1. The van der Waals surface area contributed by atoms with Crippen LogP contribution in [0.3, 0.4) is 0 Å². The molecule has 0 unspecified atom stereocenters. The summed E-state index contributed by atoms with van der Waals surface area (Å²) >= 11 is 15.0. The van der Waals surface area contributed by atoms with Crippen LogP contribution in [0.2, 0.25) is 10.0 Å². The molecule has 2 aromatic rings. The van der Waals surface area contributed by atoms with Crippen molar-refractivity contribution in [3.8, 4) is 0 Å². The van der Waals surface area contributed by atoms with E-state index in [2.05, 4.69) is 15.9 Å². The molecular formula is C14H8BrCl2FO. The number of hydrogen-bond donors (Lipinski definition) is 0. The lowest BCUT2D eigenvalue weighted by Gasteiger charge is -2.06. The normalized spacial score (nSPS) is 10.5. The summed E-state index contributed by atoms with van der Waals surface area (Å²) in [4.78, 5) is 12.2.